The summed E-state index contributed by atoms with van der Waals surface area (Å²) in [6.07, 6.45) is 7.06. The lowest BCUT2D eigenvalue weighted by Gasteiger charge is -2.26. The lowest BCUT2D eigenvalue weighted by Crippen LogP contribution is -2.43. The number of hydrogen-bond acceptors (Lipinski definition) is 5. The van der Waals surface area contributed by atoms with Gasteiger partial charge in [-0.05, 0) is 42.0 Å². The molecule has 5 rings (SSSR count). The Bertz CT molecular complexity index is 1320. The lowest BCUT2D eigenvalue weighted by atomic mass is 9.83. The second-order valence-corrected chi connectivity index (χ2v) is 10.3. The lowest BCUT2D eigenvalue weighted by molar-refractivity contribution is -0.126. The molecule has 33 heavy (non-hydrogen) atoms. The van der Waals surface area contributed by atoms with E-state index in [1.54, 1.807) is 33.1 Å². The minimum absolute atomic E-state index is 0.0868. The van der Waals surface area contributed by atoms with Crippen LogP contribution in [0.1, 0.15) is 36.1 Å². The first kappa shape index (κ1) is 22.0. The average Bonchev–Trinajstić information content (AvgIpc) is 3.58. The number of thiophene rings is 1. The first-order valence-electron chi connectivity index (χ1n) is 11.0. The number of amides is 1. The van der Waals surface area contributed by atoms with Gasteiger partial charge in [0, 0.05) is 15.9 Å². The second kappa shape index (κ2) is 9.23. The Morgan fingerprint density at radius 2 is 1.97 bits per heavy atom. The van der Waals surface area contributed by atoms with Crippen molar-refractivity contribution in [1.29, 1.82) is 0 Å². The number of nitrogens with zero attached hydrogens (tertiary/aromatic N) is 4. The molecular weight excluding hydrogens is 502 g/mol. The topological polar surface area (TPSA) is 81.8 Å². The third-order valence-corrected chi connectivity index (χ3v) is 7.98. The zero-order chi connectivity index (χ0) is 22.8. The molecule has 170 valence electrons. The normalized spacial score (nSPS) is 15.2. The summed E-state index contributed by atoms with van der Waals surface area (Å²) in [4.78, 5) is 31.7. The smallest absolute Gasteiger partial charge is 0.264 e. The van der Waals surface area contributed by atoms with E-state index in [1.807, 2.05) is 35.7 Å². The number of benzene rings is 1. The Kier molecular flexibility index (Phi) is 6.16. The van der Waals surface area contributed by atoms with Gasteiger partial charge >= 0.3 is 0 Å². The minimum Gasteiger partial charge on any atom is -0.353 e. The van der Waals surface area contributed by atoms with E-state index < -0.39 is 5.41 Å². The van der Waals surface area contributed by atoms with E-state index in [0.717, 1.165) is 40.6 Å². The van der Waals surface area contributed by atoms with Gasteiger partial charge in [-0.25, -0.2) is 9.67 Å². The summed E-state index contributed by atoms with van der Waals surface area (Å²) in [6.45, 7) is 1.34. The quantitative estimate of drug-likeness (QED) is 0.393. The molecule has 0 atom stereocenters. The molecule has 1 N–H and O–H groups in total. The van der Waals surface area contributed by atoms with Gasteiger partial charge in [0.25, 0.3) is 5.56 Å². The van der Waals surface area contributed by atoms with Gasteiger partial charge in [-0.2, -0.15) is 5.10 Å². The maximum absolute atomic E-state index is 13.1. The highest BCUT2D eigenvalue weighted by molar-refractivity contribution is 9.10. The predicted molar refractivity (Wildman–Crippen MR) is 133 cm³/mol. The summed E-state index contributed by atoms with van der Waals surface area (Å²) in [5, 5.41) is 9.99. The maximum Gasteiger partial charge on any atom is 0.264 e. The van der Waals surface area contributed by atoms with Crippen LogP contribution in [0.3, 0.4) is 0 Å². The predicted octanol–water partition coefficient (Wildman–Crippen LogP) is 4.09. The number of fused-ring (bicyclic) bond motifs is 1. The van der Waals surface area contributed by atoms with Crippen molar-refractivity contribution in [1.82, 2.24) is 24.6 Å². The van der Waals surface area contributed by atoms with Gasteiger partial charge in [-0.3, -0.25) is 14.2 Å². The molecule has 1 saturated carbocycles. The molecule has 0 radical (unpaired) electrons. The van der Waals surface area contributed by atoms with Crippen molar-refractivity contribution < 1.29 is 4.79 Å². The van der Waals surface area contributed by atoms with Crippen LogP contribution in [0.25, 0.3) is 11.0 Å². The van der Waals surface area contributed by atoms with Gasteiger partial charge in [0.2, 0.25) is 5.91 Å². The number of aromatic nitrogens is 4. The average molecular weight is 526 g/mol. The molecule has 0 bridgehead atoms. The largest absolute Gasteiger partial charge is 0.353 e. The standard InChI is InChI=1S/C24H24BrN5O2S/c25-18-7-5-17(6-8-18)15-29-16-27-21-19(22(29)31)14-28-30(21)12-11-26-23(32)24(9-1-2-10-24)20-4-3-13-33-20/h3-8,13-14,16H,1-2,9-12,15H2,(H,26,32). The summed E-state index contributed by atoms with van der Waals surface area (Å²) in [5.41, 5.74) is 1.03. The minimum atomic E-state index is -0.403. The van der Waals surface area contributed by atoms with Gasteiger partial charge < -0.3 is 5.32 Å². The van der Waals surface area contributed by atoms with Crippen LogP contribution >= 0.6 is 27.3 Å². The van der Waals surface area contributed by atoms with Crippen molar-refractivity contribution in [3.05, 3.63) is 79.6 Å². The van der Waals surface area contributed by atoms with E-state index >= 15 is 0 Å². The van der Waals surface area contributed by atoms with Crippen molar-refractivity contribution in [3.63, 3.8) is 0 Å². The van der Waals surface area contributed by atoms with E-state index in [2.05, 4.69) is 37.4 Å². The van der Waals surface area contributed by atoms with Crippen molar-refractivity contribution in [2.75, 3.05) is 6.54 Å². The Balaban J connectivity index is 1.28. The molecule has 0 spiro atoms. The van der Waals surface area contributed by atoms with Crippen LogP contribution in [0.4, 0.5) is 0 Å². The number of halogens is 1. The summed E-state index contributed by atoms with van der Waals surface area (Å²) in [7, 11) is 0. The monoisotopic (exact) mass is 525 g/mol. The summed E-state index contributed by atoms with van der Waals surface area (Å²) >= 11 is 5.08. The van der Waals surface area contributed by atoms with Crippen molar-refractivity contribution >= 4 is 44.2 Å². The van der Waals surface area contributed by atoms with Crippen molar-refractivity contribution in [2.45, 2.75) is 44.2 Å². The molecule has 0 aliphatic heterocycles. The van der Waals surface area contributed by atoms with Crippen molar-refractivity contribution in [3.8, 4) is 0 Å². The van der Waals surface area contributed by atoms with Crippen LogP contribution in [0.15, 0.2) is 63.6 Å². The van der Waals surface area contributed by atoms with Gasteiger partial charge in [0.1, 0.15) is 11.7 Å². The maximum atomic E-state index is 13.1. The number of nitrogens with one attached hydrogen (secondary N) is 1. The molecule has 0 unspecified atom stereocenters. The van der Waals surface area contributed by atoms with E-state index in [-0.39, 0.29) is 11.5 Å². The fourth-order valence-corrected chi connectivity index (χ4v) is 5.87. The SMILES string of the molecule is O=C(NCCn1ncc2c(=O)n(Cc3ccc(Br)cc3)cnc21)C1(c2cccs2)CCCC1. The van der Waals surface area contributed by atoms with Crippen LogP contribution in [0.2, 0.25) is 0 Å². The molecule has 4 aromatic rings. The van der Waals surface area contributed by atoms with Crippen LogP contribution in [0, 0.1) is 0 Å². The van der Waals surface area contributed by atoms with E-state index in [0.29, 0.717) is 30.7 Å². The molecular formula is C24H24BrN5O2S. The highest BCUT2D eigenvalue weighted by Gasteiger charge is 2.43. The Morgan fingerprint density at radius 1 is 1.18 bits per heavy atom. The van der Waals surface area contributed by atoms with Gasteiger partial charge in [-0.1, -0.05) is 47.0 Å². The molecule has 3 aromatic heterocycles. The third kappa shape index (κ3) is 4.27. The molecule has 1 aromatic carbocycles. The zero-order valence-electron chi connectivity index (χ0n) is 18.0. The third-order valence-electron chi connectivity index (χ3n) is 6.38. The number of carbonyl (C=O) groups is 1. The van der Waals surface area contributed by atoms with Gasteiger partial charge in [-0.15, -0.1) is 11.3 Å². The van der Waals surface area contributed by atoms with Crippen molar-refractivity contribution in [2.24, 2.45) is 0 Å². The van der Waals surface area contributed by atoms with E-state index in [1.165, 1.54) is 0 Å². The number of hydrogen-bond donors (Lipinski definition) is 1. The van der Waals surface area contributed by atoms with Crippen LogP contribution in [-0.4, -0.2) is 31.8 Å². The summed E-state index contributed by atoms with van der Waals surface area (Å²) in [6, 6.07) is 11.9. The molecule has 1 amide bonds. The molecule has 9 heteroatoms. The fourth-order valence-electron chi connectivity index (χ4n) is 4.62. The molecule has 1 fully saturated rings. The molecule has 1 aliphatic carbocycles. The number of rotatable bonds is 7. The van der Waals surface area contributed by atoms with Gasteiger partial charge in [0.15, 0.2) is 5.65 Å². The molecule has 1 aliphatic rings. The Hall–Kier alpha value is -2.78. The fraction of sp³-hybridized carbons (Fsp3) is 0.333. The summed E-state index contributed by atoms with van der Waals surface area (Å²) in [5.74, 6) is 0.0868. The highest BCUT2D eigenvalue weighted by atomic mass is 79.9. The summed E-state index contributed by atoms with van der Waals surface area (Å²) < 4.78 is 4.27. The second-order valence-electron chi connectivity index (χ2n) is 8.43. The molecule has 0 saturated heterocycles. The van der Waals surface area contributed by atoms with E-state index in [9.17, 15) is 9.59 Å². The molecule has 7 nitrogen and oxygen atoms in total. The van der Waals surface area contributed by atoms with E-state index in [4.69, 9.17) is 0 Å². The van der Waals surface area contributed by atoms with Crippen LogP contribution in [-0.2, 0) is 23.3 Å². The first-order chi connectivity index (χ1) is 16.1. The first-order valence-corrected chi connectivity index (χ1v) is 12.7. The van der Waals surface area contributed by atoms with Crippen LogP contribution < -0.4 is 10.9 Å². The highest BCUT2D eigenvalue weighted by Crippen LogP contribution is 2.43. The van der Waals surface area contributed by atoms with Crippen LogP contribution in [0.5, 0.6) is 0 Å². The Morgan fingerprint density at radius 3 is 2.70 bits per heavy atom. The number of carbonyl (C=O) groups excluding carboxylic acids is 1. The molecule has 3 heterocycles. The Labute approximate surface area is 203 Å². The van der Waals surface area contributed by atoms with Gasteiger partial charge in [0.05, 0.1) is 24.7 Å². The zero-order valence-corrected chi connectivity index (χ0v) is 20.4.